The topological polar surface area (TPSA) is 90.0 Å². The molecule has 0 spiro atoms. The van der Waals surface area contributed by atoms with E-state index in [4.69, 9.17) is 5.73 Å². The molecule has 0 amide bonds. The molecule has 0 bridgehead atoms. The van der Waals surface area contributed by atoms with Gasteiger partial charge in [0.1, 0.15) is 4.90 Å². The summed E-state index contributed by atoms with van der Waals surface area (Å²) >= 11 is 0. The maximum atomic E-state index is 12.1. The third-order valence-electron chi connectivity index (χ3n) is 3.85. The van der Waals surface area contributed by atoms with E-state index in [1.165, 1.54) is 44.5 Å². The molecule has 6 nitrogen and oxygen atoms in total. The lowest BCUT2D eigenvalue weighted by Gasteiger charge is -2.21. The number of nitrogens with two attached hydrogens (primary N) is 1. The van der Waals surface area contributed by atoms with Gasteiger partial charge >= 0.3 is 0 Å². The van der Waals surface area contributed by atoms with Crippen LogP contribution in [-0.4, -0.2) is 31.3 Å². The fourth-order valence-corrected chi connectivity index (χ4v) is 3.69. The smallest absolute Gasteiger partial charge is 0.243 e. The fourth-order valence-electron chi connectivity index (χ4n) is 2.69. The molecule has 0 atom stereocenters. The van der Waals surface area contributed by atoms with Crippen LogP contribution in [-0.2, 0) is 16.6 Å². The first-order chi connectivity index (χ1) is 9.62. The van der Waals surface area contributed by atoms with Crippen LogP contribution in [0.4, 0.5) is 0 Å². The van der Waals surface area contributed by atoms with Gasteiger partial charge in [-0.15, -0.1) is 0 Å². The molecular formula is C13H24N4O2S. The first-order valence-electron chi connectivity index (χ1n) is 7.34. The molecular weight excluding hydrogens is 276 g/mol. The molecule has 1 aliphatic carbocycles. The largest absolute Gasteiger partial charge is 0.329 e. The standard InChI is InChI=1S/C13H24N4O2S/c14-7-9-17-11-13(10-15-17)20(18,19)16-8-6-12-4-2-1-3-5-12/h10-12,16H,1-9,14H2. The van der Waals surface area contributed by atoms with Gasteiger partial charge in [-0.2, -0.15) is 5.10 Å². The molecule has 0 unspecified atom stereocenters. The van der Waals surface area contributed by atoms with Crippen molar-refractivity contribution in [1.29, 1.82) is 0 Å². The summed E-state index contributed by atoms with van der Waals surface area (Å²) in [5, 5.41) is 3.99. The molecule has 1 aromatic rings. The molecule has 0 radical (unpaired) electrons. The van der Waals surface area contributed by atoms with E-state index >= 15 is 0 Å². The zero-order valence-corrected chi connectivity index (χ0v) is 12.6. The lowest BCUT2D eigenvalue weighted by atomic mass is 9.87. The van der Waals surface area contributed by atoms with Crippen molar-refractivity contribution in [3.8, 4) is 0 Å². The Hall–Kier alpha value is -0.920. The Balaban J connectivity index is 1.83. The average molecular weight is 300 g/mol. The van der Waals surface area contributed by atoms with Gasteiger partial charge in [0.15, 0.2) is 0 Å². The Morgan fingerprint density at radius 3 is 2.80 bits per heavy atom. The molecule has 2 rings (SSSR count). The van der Waals surface area contributed by atoms with Crippen molar-refractivity contribution < 1.29 is 8.42 Å². The Kier molecular flexibility index (Phi) is 5.56. The van der Waals surface area contributed by atoms with Gasteiger partial charge in [-0.05, 0) is 12.3 Å². The third kappa shape index (κ3) is 4.29. The van der Waals surface area contributed by atoms with E-state index in [2.05, 4.69) is 9.82 Å². The van der Waals surface area contributed by atoms with E-state index in [0.717, 1.165) is 6.42 Å². The Labute approximate surface area is 120 Å². The molecule has 1 fully saturated rings. The maximum Gasteiger partial charge on any atom is 0.243 e. The predicted octanol–water partition coefficient (Wildman–Crippen LogP) is 1.09. The number of aromatic nitrogens is 2. The lowest BCUT2D eigenvalue weighted by molar-refractivity contribution is 0.339. The number of rotatable bonds is 7. The van der Waals surface area contributed by atoms with Crippen LogP contribution in [0.2, 0.25) is 0 Å². The van der Waals surface area contributed by atoms with Crippen molar-refractivity contribution in [3.05, 3.63) is 12.4 Å². The van der Waals surface area contributed by atoms with Gasteiger partial charge in [-0.1, -0.05) is 32.1 Å². The molecule has 1 heterocycles. The average Bonchev–Trinajstić information content (AvgIpc) is 2.90. The Morgan fingerprint density at radius 2 is 2.10 bits per heavy atom. The van der Waals surface area contributed by atoms with Crippen LogP contribution in [0.5, 0.6) is 0 Å². The van der Waals surface area contributed by atoms with E-state index in [-0.39, 0.29) is 4.90 Å². The van der Waals surface area contributed by atoms with Crippen molar-refractivity contribution in [3.63, 3.8) is 0 Å². The molecule has 114 valence electrons. The lowest BCUT2D eigenvalue weighted by Crippen LogP contribution is -2.26. The quantitative estimate of drug-likeness (QED) is 0.788. The van der Waals surface area contributed by atoms with Gasteiger partial charge in [-0.25, -0.2) is 13.1 Å². The minimum atomic E-state index is -3.43. The van der Waals surface area contributed by atoms with Gasteiger partial charge < -0.3 is 5.73 Å². The van der Waals surface area contributed by atoms with E-state index in [9.17, 15) is 8.42 Å². The number of hydrogen-bond acceptors (Lipinski definition) is 4. The van der Waals surface area contributed by atoms with Crippen LogP contribution in [0.25, 0.3) is 0 Å². The van der Waals surface area contributed by atoms with Crippen LogP contribution < -0.4 is 10.5 Å². The highest BCUT2D eigenvalue weighted by atomic mass is 32.2. The maximum absolute atomic E-state index is 12.1. The molecule has 0 saturated heterocycles. The van der Waals surface area contributed by atoms with Crippen molar-refractivity contribution in [2.24, 2.45) is 11.7 Å². The minimum Gasteiger partial charge on any atom is -0.329 e. The summed E-state index contributed by atoms with van der Waals surface area (Å²) in [7, 11) is -3.43. The van der Waals surface area contributed by atoms with Gasteiger partial charge in [0, 0.05) is 19.3 Å². The van der Waals surface area contributed by atoms with E-state index in [1.807, 2.05) is 0 Å². The summed E-state index contributed by atoms with van der Waals surface area (Å²) < 4.78 is 28.4. The fraction of sp³-hybridized carbons (Fsp3) is 0.769. The van der Waals surface area contributed by atoms with Crippen LogP contribution in [0.15, 0.2) is 17.3 Å². The summed E-state index contributed by atoms with van der Waals surface area (Å²) in [6.07, 6.45) is 10.2. The number of nitrogens with zero attached hydrogens (tertiary/aromatic N) is 2. The SMILES string of the molecule is NCCn1cc(S(=O)(=O)NCCC2CCCCC2)cn1. The van der Waals surface area contributed by atoms with E-state index < -0.39 is 10.0 Å². The van der Waals surface area contributed by atoms with Gasteiger partial charge in [0.25, 0.3) is 0 Å². The van der Waals surface area contributed by atoms with Crippen molar-refractivity contribution in [2.75, 3.05) is 13.1 Å². The number of nitrogens with one attached hydrogen (secondary N) is 1. The highest BCUT2D eigenvalue weighted by molar-refractivity contribution is 7.89. The summed E-state index contributed by atoms with van der Waals surface area (Å²) in [6.45, 7) is 1.48. The van der Waals surface area contributed by atoms with E-state index in [0.29, 0.717) is 25.6 Å². The molecule has 7 heteroatoms. The number of sulfonamides is 1. The second kappa shape index (κ2) is 7.19. The van der Waals surface area contributed by atoms with Gasteiger partial charge in [-0.3, -0.25) is 4.68 Å². The van der Waals surface area contributed by atoms with Gasteiger partial charge in [0.2, 0.25) is 10.0 Å². The second-order valence-corrected chi connectivity index (χ2v) is 7.19. The molecule has 1 saturated carbocycles. The molecule has 3 N–H and O–H groups in total. The molecule has 20 heavy (non-hydrogen) atoms. The Bertz CT molecular complexity index is 506. The first-order valence-corrected chi connectivity index (χ1v) is 8.82. The van der Waals surface area contributed by atoms with Crippen molar-refractivity contribution in [2.45, 2.75) is 50.0 Å². The summed E-state index contributed by atoms with van der Waals surface area (Å²) in [6, 6.07) is 0. The molecule has 0 aliphatic heterocycles. The van der Waals surface area contributed by atoms with Crippen molar-refractivity contribution in [1.82, 2.24) is 14.5 Å². The van der Waals surface area contributed by atoms with Crippen molar-refractivity contribution >= 4 is 10.0 Å². The van der Waals surface area contributed by atoms with Crippen LogP contribution >= 0.6 is 0 Å². The summed E-state index contributed by atoms with van der Waals surface area (Å²) in [4.78, 5) is 0.217. The normalized spacial score (nSPS) is 17.4. The Morgan fingerprint density at radius 1 is 1.35 bits per heavy atom. The molecule has 0 aromatic carbocycles. The van der Waals surface area contributed by atoms with Crippen LogP contribution in [0.3, 0.4) is 0 Å². The highest BCUT2D eigenvalue weighted by Crippen LogP contribution is 2.25. The zero-order valence-electron chi connectivity index (χ0n) is 11.8. The summed E-state index contributed by atoms with van der Waals surface area (Å²) in [5.41, 5.74) is 5.42. The second-order valence-electron chi connectivity index (χ2n) is 5.42. The van der Waals surface area contributed by atoms with Gasteiger partial charge in [0.05, 0.1) is 12.7 Å². The number of hydrogen-bond donors (Lipinski definition) is 2. The minimum absolute atomic E-state index is 0.217. The molecule has 1 aromatic heterocycles. The molecule has 1 aliphatic rings. The summed E-state index contributed by atoms with van der Waals surface area (Å²) in [5.74, 6) is 0.673. The van der Waals surface area contributed by atoms with Crippen LogP contribution in [0.1, 0.15) is 38.5 Å². The third-order valence-corrected chi connectivity index (χ3v) is 5.26. The predicted molar refractivity (Wildman–Crippen MR) is 77.7 cm³/mol. The first kappa shape index (κ1) is 15.5. The monoisotopic (exact) mass is 300 g/mol. The zero-order chi connectivity index (χ0) is 14.4. The van der Waals surface area contributed by atoms with E-state index in [1.54, 1.807) is 4.68 Å². The highest BCUT2D eigenvalue weighted by Gasteiger charge is 2.18. The van der Waals surface area contributed by atoms with Crippen LogP contribution in [0, 0.1) is 5.92 Å².